The van der Waals surface area contributed by atoms with Crippen molar-refractivity contribution >= 4 is 16.8 Å². The summed E-state index contributed by atoms with van der Waals surface area (Å²) in [7, 11) is 0. The van der Waals surface area contributed by atoms with Crippen molar-refractivity contribution in [1.29, 1.82) is 0 Å². The predicted octanol–water partition coefficient (Wildman–Crippen LogP) is 2.63. The van der Waals surface area contributed by atoms with Crippen molar-refractivity contribution in [2.24, 2.45) is 0 Å². The molecule has 0 bridgehead atoms. The van der Waals surface area contributed by atoms with Gasteiger partial charge in [0.2, 0.25) is 0 Å². The number of hydrogen-bond acceptors (Lipinski definition) is 6. The minimum Gasteiger partial charge on any atom is -0.377 e. The zero-order chi connectivity index (χ0) is 20.3. The summed E-state index contributed by atoms with van der Waals surface area (Å²) < 4.78 is 5.75. The van der Waals surface area contributed by atoms with Crippen LogP contribution in [0.4, 0.5) is 0 Å². The quantitative estimate of drug-likeness (QED) is 0.667. The number of hydrogen-bond donors (Lipinski definition) is 0. The number of rotatable bonds is 4. The second-order valence-electron chi connectivity index (χ2n) is 7.91. The van der Waals surface area contributed by atoms with Crippen molar-refractivity contribution in [3.8, 4) is 11.1 Å². The summed E-state index contributed by atoms with van der Waals surface area (Å²) in [6, 6.07) is 7.64. The molecular formula is C23H25N5O2. The van der Waals surface area contributed by atoms with Gasteiger partial charge < -0.3 is 9.64 Å². The summed E-state index contributed by atoms with van der Waals surface area (Å²) >= 11 is 0. The Morgan fingerprint density at radius 2 is 1.87 bits per heavy atom. The van der Waals surface area contributed by atoms with Gasteiger partial charge in [-0.3, -0.25) is 19.7 Å². The first-order chi connectivity index (χ1) is 14.8. The van der Waals surface area contributed by atoms with Gasteiger partial charge in [-0.25, -0.2) is 4.98 Å². The number of amides is 1. The molecule has 2 aliphatic rings. The smallest absolute Gasteiger partial charge is 0.272 e. The van der Waals surface area contributed by atoms with E-state index in [0.717, 1.165) is 61.1 Å². The maximum absolute atomic E-state index is 13.3. The van der Waals surface area contributed by atoms with Crippen molar-refractivity contribution < 1.29 is 9.53 Å². The van der Waals surface area contributed by atoms with Crippen molar-refractivity contribution in [2.45, 2.75) is 18.9 Å². The topological polar surface area (TPSA) is 71.5 Å². The van der Waals surface area contributed by atoms with Crippen LogP contribution < -0.4 is 0 Å². The fraction of sp³-hybridized carbons (Fsp3) is 0.391. The summed E-state index contributed by atoms with van der Waals surface area (Å²) in [4.78, 5) is 30.6. The molecule has 5 rings (SSSR count). The Kier molecular flexibility index (Phi) is 5.38. The minimum absolute atomic E-state index is 0.0132. The van der Waals surface area contributed by atoms with Crippen LogP contribution in [0.15, 0.2) is 49.1 Å². The van der Waals surface area contributed by atoms with E-state index < -0.39 is 0 Å². The number of fused-ring (bicyclic) bond motifs is 1. The molecule has 3 aromatic heterocycles. The molecule has 30 heavy (non-hydrogen) atoms. The van der Waals surface area contributed by atoms with Gasteiger partial charge in [-0.05, 0) is 48.2 Å². The van der Waals surface area contributed by atoms with E-state index in [1.165, 1.54) is 0 Å². The van der Waals surface area contributed by atoms with Crippen LogP contribution in [0.2, 0.25) is 0 Å². The summed E-state index contributed by atoms with van der Waals surface area (Å²) in [5, 5.41) is 0.932. The highest BCUT2D eigenvalue weighted by Gasteiger charge is 2.26. The molecule has 7 heteroatoms. The van der Waals surface area contributed by atoms with E-state index in [1.54, 1.807) is 24.8 Å². The Labute approximate surface area is 175 Å². The maximum Gasteiger partial charge on any atom is 0.272 e. The number of aromatic nitrogens is 3. The lowest BCUT2D eigenvalue weighted by molar-refractivity contribution is 0.0430. The maximum atomic E-state index is 13.3. The third kappa shape index (κ3) is 3.91. The summed E-state index contributed by atoms with van der Waals surface area (Å²) in [6.07, 6.45) is 9.68. The van der Waals surface area contributed by atoms with Crippen LogP contribution in [0.5, 0.6) is 0 Å². The van der Waals surface area contributed by atoms with E-state index in [0.29, 0.717) is 24.9 Å². The molecule has 0 N–H and O–H groups in total. The number of nitrogens with zero attached hydrogens (tertiary/aromatic N) is 5. The normalized spacial score (nSPS) is 20.0. The molecule has 0 aromatic carbocycles. The summed E-state index contributed by atoms with van der Waals surface area (Å²) in [5.74, 6) is -0.0132. The van der Waals surface area contributed by atoms with Gasteiger partial charge in [0, 0.05) is 69.5 Å². The lowest BCUT2D eigenvalue weighted by atomic mass is 10.0. The standard InChI is InChI=1S/C23H25N5O2/c29-23(28-11-9-27(10-12-28)16-18-2-1-13-30-18)22-14-19(17-3-6-24-7-4-17)20-15-25-8-5-21(20)26-22/h3-8,14-15,18H,1-2,9-13,16H2. The first kappa shape index (κ1) is 19.1. The molecule has 1 amide bonds. The molecule has 0 aliphatic carbocycles. The molecule has 0 spiro atoms. The average Bonchev–Trinajstić information content (AvgIpc) is 3.32. The molecule has 7 nitrogen and oxygen atoms in total. The van der Waals surface area contributed by atoms with Crippen LogP contribution in [0.3, 0.4) is 0 Å². The van der Waals surface area contributed by atoms with Crippen LogP contribution in [-0.2, 0) is 4.74 Å². The Bertz CT molecular complexity index is 1030. The van der Waals surface area contributed by atoms with Crippen LogP contribution in [-0.4, -0.2) is 76.1 Å². The van der Waals surface area contributed by atoms with Gasteiger partial charge in [-0.15, -0.1) is 0 Å². The molecule has 5 heterocycles. The molecule has 2 aliphatic heterocycles. The van der Waals surface area contributed by atoms with Gasteiger partial charge in [0.1, 0.15) is 5.69 Å². The van der Waals surface area contributed by atoms with Crippen LogP contribution in [0.25, 0.3) is 22.0 Å². The molecule has 154 valence electrons. The molecular weight excluding hydrogens is 378 g/mol. The first-order valence-electron chi connectivity index (χ1n) is 10.6. The highest BCUT2D eigenvalue weighted by atomic mass is 16.5. The molecule has 2 saturated heterocycles. The highest BCUT2D eigenvalue weighted by molar-refractivity contribution is 6.01. The second kappa shape index (κ2) is 8.45. The minimum atomic E-state index is -0.0132. The lowest BCUT2D eigenvalue weighted by Crippen LogP contribution is -2.50. The number of pyridine rings is 3. The number of ether oxygens (including phenoxy) is 1. The Morgan fingerprint density at radius 1 is 1.07 bits per heavy atom. The lowest BCUT2D eigenvalue weighted by Gasteiger charge is -2.35. The van der Waals surface area contributed by atoms with Gasteiger partial charge in [-0.2, -0.15) is 0 Å². The van der Waals surface area contributed by atoms with E-state index in [4.69, 9.17) is 4.74 Å². The van der Waals surface area contributed by atoms with Crippen molar-refractivity contribution in [3.63, 3.8) is 0 Å². The SMILES string of the molecule is O=C(c1cc(-c2ccncc2)c2cnccc2n1)N1CCN(CC2CCCO2)CC1. The first-order valence-corrected chi connectivity index (χ1v) is 10.6. The molecule has 0 radical (unpaired) electrons. The third-order valence-corrected chi connectivity index (χ3v) is 5.97. The summed E-state index contributed by atoms with van der Waals surface area (Å²) in [5.41, 5.74) is 3.21. The van der Waals surface area contributed by atoms with E-state index in [1.807, 2.05) is 29.2 Å². The van der Waals surface area contributed by atoms with Gasteiger partial charge >= 0.3 is 0 Å². The summed E-state index contributed by atoms with van der Waals surface area (Å²) in [6.45, 7) is 5.03. The monoisotopic (exact) mass is 403 g/mol. The fourth-order valence-corrected chi connectivity index (χ4v) is 4.32. The molecule has 1 unspecified atom stereocenters. The van der Waals surface area contributed by atoms with Crippen LogP contribution >= 0.6 is 0 Å². The third-order valence-electron chi connectivity index (χ3n) is 5.97. The second-order valence-corrected chi connectivity index (χ2v) is 7.91. The van der Waals surface area contributed by atoms with Gasteiger partial charge in [0.15, 0.2) is 0 Å². The Morgan fingerprint density at radius 3 is 2.63 bits per heavy atom. The van der Waals surface area contributed by atoms with Crippen molar-refractivity contribution in [1.82, 2.24) is 24.8 Å². The van der Waals surface area contributed by atoms with Crippen molar-refractivity contribution in [2.75, 3.05) is 39.3 Å². The van der Waals surface area contributed by atoms with Crippen LogP contribution in [0.1, 0.15) is 23.3 Å². The van der Waals surface area contributed by atoms with Gasteiger partial charge in [0.05, 0.1) is 11.6 Å². The Balaban J connectivity index is 1.36. The van der Waals surface area contributed by atoms with Crippen molar-refractivity contribution in [3.05, 3.63) is 54.7 Å². The zero-order valence-corrected chi connectivity index (χ0v) is 16.9. The largest absolute Gasteiger partial charge is 0.377 e. The molecule has 2 fully saturated rings. The average molecular weight is 403 g/mol. The van der Waals surface area contributed by atoms with Gasteiger partial charge in [-0.1, -0.05) is 0 Å². The predicted molar refractivity (Wildman–Crippen MR) is 114 cm³/mol. The van der Waals surface area contributed by atoms with E-state index >= 15 is 0 Å². The van der Waals surface area contributed by atoms with E-state index in [-0.39, 0.29) is 5.91 Å². The van der Waals surface area contributed by atoms with Gasteiger partial charge in [0.25, 0.3) is 5.91 Å². The number of piperazine rings is 1. The van der Waals surface area contributed by atoms with Crippen LogP contribution in [0, 0.1) is 0 Å². The van der Waals surface area contributed by atoms with E-state index in [2.05, 4.69) is 19.9 Å². The van der Waals surface area contributed by atoms with E-state index in [9.17, 15) is 4.79 Å². The highest BCUT2D eigenvalue weighted by Crippen LogP contribution is 2.28. The zero-order valence-electron chi connectivity index (χ0n) is 16.9. The number of carbonyl (C=O) groups is 1. The fourth-order valence-electron chi connectivity index (χ4n) is 4.32. The molecule has 0 saturated carbocycles. The molecule has 1 atom stereocenters. The Hall–Kier alpha value is -2.90. The molecule has 3 aromatic rings. The number of carbonyl (C=O) groups excluding carboxylic acids is 1.